The number of ether oxygens (including phenoxy) is 1. The fourth-order valence-electron chi connectivity index (χ4n) is 2.55. The average Bonchev–Trinajstić information content (AvgIpc) is 3.05. The summed E-state index contributed by atoms with van der Waals surface area (Å²) in [4.78, 5) is 4.67. The minimum atomic E-state index is 0.590. The van der Waals surface area contributed by atoms with Crippen LogP contribution >= 0.6 is 27.7 Å². The first-order valence-electron chi connectivity index (χ1n) is 7.44. The van der Waals surface area contributed by atoms with E-state index in [1.807, 2.05) is 41.4 Å². The third-order valence-electron chi connectivity index (χ3n) is 3.83. The molecule has 0 spiro atoms. The maximum absolute atomic E-state index is 5.22. The number of amidine groups is 1. The number of aliphatic imine (C=N–C) groups is 1. The van der Waals surface area contributed by atoms with Gasteiger partial charge in [-0.2, -0.15) is 5.10 Å². The average molecular weight is 400 g/mol. The zero-order chi connectivity index (χ0) is 16.5. The zero-order valence-electron chi connectivity index (χ0n) is 12.9. The predicted octanol–water partition coefficient (Wildman–Crippen LogP) is 4.58. The number of nitrogens with zero attached hydrogens (tertiary/aromatic N) is 3. The molecule has 0 aliphatic carbocycles. The summed E-state index contributed by atoms with van der Waals surface area (Å²) >= 11 is 5.09. The van der Waals surface area contributed by atoms with Gasteiger partial charge in [0.1, 0.15) is 5.75 Å². The predicted molar refractivity (Wildman–Crippen MR) is 103 cm³/mol. The lowest BCUT2D eigenvalue weighted by Crippen LogP contribution is -2.26. The van der Waals surface area contributed by atoms with Crippen molar-refractivity contribution < 1.29 is 4.74 Å². The molecular weight excluding hydrogens is 386 g/mol. The highest BCUT2D eigenvalue weighted by atomic mass is 79.9. The molecule has 0 unspecified atom stereocenters. The van der Waals surface area contributed by atoms with E-state index in [1.165, 1.54) is 0 Å². The van der Waals surface area contributed by atoms with Crippen molar-refractivity contribution in [3.8, 4) is 5.75 Å². The van der Waals surface area contributed by atoms with Crippen LogP contribution in [0.15, 0.2) is 68.5 Å². The quantitative estimate of drug-likeness (QED) is 0.757. The lowest BCUT2D eigenvalue weighted by molar-refractivity contribution is 0.415. The Morgan fingerprint density at radius 3 is 2.46 bits per heavy atom. The molecule has 2 aromatic rings. The van der Waals surface area contributed by atoms with E-state index in [4.69, 9.17) is 9.84 Å². The van der Waals surface area contributed by atoms with E-state index in [1.54, 1.807) is 18.9 Å². The second kappa shape index (κ2) is 6.45. The van der Waals surface area contributed by atoms with Crippen LogP contribution in [0.5, 0.6) is 5.75 Å². The number of halogens is 1. The van der Waals surface area contributed by atoms with Gasteiger partial charge in [-0.15, -0.1) is 0 Å². The first kappa shape index (κ1) is 15.5. The van der Waals surface area contributed by atoms with Crippen molar-refractivity contribution >= 4 is 44.3 Å². The van der Waals surface area contributed by atoms with Crippen LogP contribution in [0.3, 0.4) is 0 Å². The van der Waals surface area contributed by atoms with Gasteiger partial charge in [0.05, 0.1) is 25.1 Å². The topological polar surface area (TPSA) is 37.2 Å². The molecule has 0 aromatic heterocycles. The summed E-state index contributed by atoms with van der Waals surface area (Å²) in [5, 5.41) is 9.78. The summed E-state index contributed by atoms with van der Waals surface area (Å²) in [6, 6.07) is 16.2. The largest absolute Gasteiger partial charge is 0.497 e. The molecule has 0 amide bonds. The molecule has 4 rings (SSSR count). The summed E-state index contributed by atoms with van der Waals surface area (Å²) in [7, 11) is 1.67. The fourth-order valence-corrected chi connectivity index (χ4v) is 3.65. The number of fused-ring (bicyclic) bond motifs is 1. The number of hydrogen-bond donors (Lipinski definition) is 0. The van der Waals surface area contributed by atoms with Gasteiger partial charge < -0.3 is 4.74 Å². The van der Waals surface area contributed by atoms with E-state index in [-0.39, 0.29) is 0 Å². The van der Waals surface area contributed by atoms with Crippen LogP contribution in [0.25, 0.3) is 5.70 Å². The Labute approximate surface area is 153 Å². The van der Waals surface area contributed by atoms with E-state index in [0.717, 1.165) is 37.9 Å². The molecule has 2 aliphatic rings. The molecule has 0 atom stereocenters. The Morgan fingerprint density at radius 2 is 1.75 bits per heavy atom. The summed E-state index contributed by atoms with van der Waals surface area (Å²) in [6.07, 6.45) is 0. The first-order chi connectivity index (χ1) is 11.7. The SMILES string of the molecule is COc1ccc(C2=NN3C(c4ccc(Br)cc4)=CSC3=NC2)cc1. The van der Waals surface area contributed by atoms with Crippen molar-refractivity contribution in [2.45, 2.75) is 0 Å². The van der Waals surface area contributed by atoms with Crippen LogP contribution < -0.4 is 4.74 Å². The maximum Gasteiger partial charge on any atom is 0.189 e. The van der Waals surface area contributed by atoms with Crippen LogP contribution in [0.1, 0.15) is 11.1 Å². The molecule has 2 heterocycles. The van der Waals surface area contributed by atoms with E-state index >= 15 is 0 Å². The van der Waals surface area contributed by atoms with Crippen molar-refractivity contribution in [2.24, 2.45) is 10.1 Å². The highest BCUT2D eigenvalue weighted by molar-refractivity contribution is 9.10. The molecule has 6 heteroatoms. The number of thioether (sulfide) groups is 1. The van der Waals surface area contributed by atoms with Crippen molar-refractivity contribution in [2.75, 3.05) is 13.7 Å². The van der Waals surface area contributed by atoms with Crippen LogP contribution in [0.2, 0.25) is 0 Å². The molecule has 2 aromatic carbocycles. The van der Waals surface area contributed by atoms with E-state index < -0.39 is 0 Å². The highest BCUT2D eigenvalue weighted by Gasteiger charge is 2.27. The van der Waals surface area contributed by atoms with Gasteiger partial charge in [0.15, 0.2) is 5.17 Å². The lowest BCUT2D eigenvalue weighted by atomic mass is 10.1. The molecule has 0 saturated heterocycles. The molecule has 2 aliphatic heterocycles. The zero-order valence-corrected chi connectivity index (χ0v) is 15.3. The van der Waals surface area contributed by atoms with Gasteiger partial charge in [0.25, 0.3) is 0 Å². The monoisotopic (exact) mass is 399 g/mol. The van der Waals surface area contributed by atoms with E-state index in [9.17, 15) is 0 Å². The number of hydrogen-bond acceptors (Lipinski definition) is 5. The van der Waals surface area contributed by atoms with Crippen LogP contribution in [0, 0.1) is 0 Å². The summed E-state index contributed by atoms with van der Waals surface area (Å²) in [5.41, 5.74) is 4.19. The third-order valence-corrected chi connectivity index (χ3v) is 5.22. The van der Waals surface area contributed by atoms with Gasteiger partial charge in [0.2, 0.25) is 0 Å². The van der Waals surface area contributed by atoms with Gasteiger partial charge in [0, 0.05) is 15.4 Å². The number of hydrazone groups is 1. The maximum atomic E-state index is 5.22. The molecule has 0 N–H and O–H groups in total. The van der Waals surface area contributed by atoms with Gasteiger partial charge in [-0.05, 0) is 42.0 Å². The summed E-state index contributed by atoms with van der Waals surface area (Å²) < 4.78 is 6.28. The normalized spacial score (nSPS) is 16.2. The smallest absolute Gasteiger partial charge is 0.189 e. The summed E-state index contributed by atoms with van der Waals surface area (Å²) in [5.74, 6) is 0.839. The molecule has 0 radical (unpaired) electrons. The van der Waals surface area contributed by atoms with Crippen molar-refractivity contribution in [1.82, 2.24) is 5.01 Å². The second-order valence-corrected chi connectivity index (χ2v) is 7.07. The number of benzene rings is 2. The first-order valence-corrected chi connectivity index (χ1v) is 9.11. The van der Waals surface area contributed by atoms with Gasteiger partial charge in [-0.25, -0.2) is 5.01 Å². The van der Waals surface area contributed by atoms with Gasteiger partial charge in [-0.3, -0.25) is 4.99 Å². The second-order valence-electron chi connectivity index (χ2n) is 5.31. The Morgan fingerprint density at radius 1 is 1.04 bits per heavy atom. The molecule has 24 heavy (non-hydrogen) atoms. The molecule has 0 fully saturated rings. The molecule has 0 bridgehead atoms. The highest BCUT2D eigenvalue weighted by Crippen LogP contribution is 2.35. The van der Waals surface area contributed by atoms with Crippen LogP contribution in [-0.2, 0) is 0 Å². The van der Waals surface area contributed by atoms with E-state index in [2.05, 4.69) is 38.5 Å². The minimum Gasteiger partial charge on any atom is -0.497 e. The Hall–Kier alpha value is -2.05. The number of methoxy groups -OCH3 is 1. The molecule has 0 saturated carbocycles. The van der Waals surface area contributed by atoms with Crippen LogP contribution in [-0.4, -0.2) is 29.5 Å². The standard InChI is InChI=1S/C18H14BrN3OS/c1-23-15-8-4-12(5-9-15)16-10-20-18-22(21-16)17(11-24-18)13-2-6-14(19)7-3-13/h2-9,11H,10H2,1H3. The Bertz CT molecular complexity index is 857. The van der Waals surface area contributed by atoms with Crippen LogP contribution in [0.4, 0.5) is 0 Å². The van der Waals surface area contributed by atoms with Gasteiger partial charge in [-0.1, -0.05) is 39.8 Å². The molecular formula is C18H14BrN3OS. The molecule has 120 valence electrons. The number of rotatable bonds is 3. The fraction of sp³-hybridized carbons (Fsp3) is 0.111. The van der Waals surface area contributed by atoms with Crippen molar-refractivity contribution in [1.29, 1.82) is 0 Å². The molecule has 4 nitrogen and oxygen atoms in total. The van der Waals surface area contributed by atoms with Crippen molar-refractivity contribution in [3.05, 3.63) is 69.5 Å². The van der Waals surface area contributed by atoms with Gasteiger partial charge >= 0.3 is 0 Å². The Balaban J connectivity index is 1.65. The minimum absolute atomic E-state index is 0.590. The lowest BCUT2D eigenvalue weighted by Gasteiger charge is -2.22. The van der Waals surface area contributed by atoms with E-state index in [0.29, 0.717) is 6.54 Å². The third kappa shape index (κ3) is 2.87. The van der Waals surface area contributed by atoms with Crippen molar-refractivity contribution in [3.63, 3.8) is 0 Å². The Kier molecular flexibility index (Phi) is 4.16. The summed E-state index contributed by atoms with van der Waals surface area (Å²) in [6.45, 7) is 0.590.